The molecule has 5 heteroatoms. The Morgan fingerprint density at radius 1 is 1.32 bits per heavy atom. The molecular weight excluding hydrogens is 330 g/mol. The summed E-state index contributed by atoms with van der Waals surface area (Å²) in [5.74, 6) is 0.243. The number of aromatic nitrogens is 1. The number of nitrogens with zero attached hydrogens (tertiary/aromatic N) is 2. The first-order chi connectivity index (χ1) is 12.1. The zero-order valence-corrected chi connectivity index (χ0v) is 15.9. The molecule has 3 rings (SSSR count). The molecular formula is C20H27N3OS. The number of rotatable bonds is 6. The van der Waals surface area contributed by atoms with Crippen LogP contribution in [0.2, 0.25) is 0 Å². The molecule has 1 saturated heterocycles. The van der Waals surface area contributed by atoms with Gasteiger partial charge in [-0.15, -0.1) is 11.3 Å². The average molecular weight is 358 g/mol. The maximum Gasteiger partial charge on any atom is 0.229 e. The highest BCUT2D eigenvalue weighted by Gasteiger charge is 2.27. The third-order valence-corrected chi connectivity index (χ3v) is 5.94. The summed E-state index contributed by atoms with van der Waals surface area (Å²) in [5, 5.41) is 5.66. The summed E-state index contributed by atoms with van der Waals surface area (Å²) in [6, 6.07) is 11.2. The largest absolute Gasteiger partial charge is 0.302 e. The molecule has 25 heavy (non-hydrogen) atoms. The second-order valence-electron chi connectivity index (χ2n) is 6.97. The van der Waals surface area contributed by atoms with Crippen LogP contribution in [0.5, 0.6) is 0 Å². The molecule has 0 saturated carbocycles. The number of benzene rings is 1. The minimum atomic E-state index is 0.113. The molecule has 0 spiro atoms. The van der Waals surface area contributed by atoms with Crippen LogP contribution in [0.3, 0.4) is 0 Å². The van der Waals surface area contributed by atoms with E-state index in [1.807, 2.05) is 12.3 Å². The van der Waals surface area contributed by atoms with Crippen LogP contribution in [0.1, 0.15) is 37.4 Å². The highest BCUT2D eigenvalue weighted by atomic mass is 32.1. The van der Waals surface area contributed by atoms with Crippen molar-refractivity contribution in [3.63, 3.8) is 0 Å². The van der Waals surface area contributed by atoms with E-state index in [0.717, 1.165) is 43.2 Å². The van der Waals surface area contributed by atoms with Gasteiger partial charge in [-0.05, 0) is 58.2 Å². The molecule has 1 aromatic heterocycles. The fourth-order valence-electron chi connectivity index (χ4n) is 3.42. The molecule has 2 heterocycles. The molecule has 1 fully saturated rings. The summed E-state index contributed by atoms with van der Waals surface area (Å²) < 4.78 is 0. The molecule has 0 bridgehead atoms. The van der Waals surface area contributed by atoms with Gasteiger partial charge in [0, 0.05) is 17.3 Å². The van der Waals surface area contributed by atoms with Crippen molar-refractivity contribution in [2.24, 2.45) is 5.92 Å². The van der Waals surface area contributed by atoms with E-state index in [0.29, 0.717) is 6.04 Å². The Balaban J connectivity index is 1.42. The predicted octanol–water partition coefficient (Wildman–Crippen LogP) is 4.12. The maximum atomic E-state index is 12.4. The van der Waals surface area contributed by atoms with Crippen molar-refractivity contribution in [3.05, 3.63) is 47.0 Å². The smallest absolute Gasteiger partial charge is 0.229 e. The van der Waals surface area contributed by atoms with Gasteiger partial charge >= 0.3 is 0 Å². The summed E-state index contributed by atoms with van der Waals surface area (Å²) in [4.78, 5) is 19.2. The highest BCUT2D eigenvalue weighted by Crippen LogP contribution is 2.23. The maximum absolute atomic E-state index is 12.4. The molecule has 0 aliphatic carbocycles. The highest BCUT2D eigenvalue weighted by molar-refractivity contribution is 7.13. The van der Waals surface area contributed by atoms with Crippen LogP contribution >= 0.6 is 11.3 Å². The molecule has 1 unspecified atom stereocenters. The number of carbonyl (C=O) groups excluding carboxylic acids is 1. The Bertz CT molecular complexity index is 677. The molecule has 1 amide bonds. The van der Waals surface area contributed by atoms with Gasteiger partial charge in [-0.2, -0.15) is 0 Å². The number of amides is 1. The third kappa shape index (κ3) is 5.13. The first-order valence-corrected chi connectivity index (χ1v) is 10.0. The summed E-state index contributed by atoms with van der Waals surface area (Å²) in [7, 11) is 0. The zero-order chi connectivity index (χ0) is 17.6. The van der Waals surface area contributed by atoms with E-state index in [1.165, 1.54) is 23.3 Å². The fourth-order valence-corrected chi connectivity index (χ4v) is 4.12. The van der Waals surface area contributed by atoms with Gasteiger partial charge in [0.15, 0.2) is 5.13 Å². The first kappa shape index (κ1) is 18.1. The zero-order valence-electron chi connectivity index (χ0n) is 15.1. The predicted molar refractivity (Wildman–Crippen MR) is 104 cm³/mol. The molecule has 1 aliphatic heterocycles. The molecule has 1 aliphatic rings. The van der Waals surface area contributed by atoms with Crippen molar-refractivity contribution >= 4 is 22.4 Å². The van der Waals surface area contributed by atoms with Crippen LogP contribution in [0.15, 0.2) is 35.7 Å². The van der Waals surface area contributed by atoms with Crippen molar-refractivity contribution in [3.8, 4) is 0 Å². The number of likely N-dealkylation sites (tertiary alicyclic amines) is 1. The lowest BCUT2D eigenvalue weighted by atomic mass is 9.94. The standard InChI is InChI=1S/C20H27N3OS/c1-15-14-25-20(21-15)22-19(24)18-10-12-23(13-11-18)16(2)8-9-17-6-4-3-5-7-17/h3-7,14,16,18H,8-13H2,1-2H3,(H,21,22,24). The molecule has 0 radical (unpaired) electrons. The molecule has 1 N–H and O–H groups in total. The minimum Gasteiger partial charge on any atom is -0.302 e. The van der Waals surface area contributed by atoms with Gasteiger partial charge in [-0.1, -0.05) is 30.3 Å². The van der Waals surface area contributed by atoms with Crippen molar-refractivity contribution < 1.29 is 4.79 Å². The number of aryl methyl sites for hydroxylation is 2. The number of carbonyl (C=O) groups is 1. The van der Waals surface area contributed by atoms with Gasteiger partial charge < -0.3 is 10.2 Å². The van der Waals surface area contributed by atoms with Gasteiger partial charge in [-0.3, -0.25) is 4.79 Å². The number of nitrogens with one attached hydrogen (secondary N) is 1. The van der Waals surface area contributed by atoms with E-state index in [4.69, 9.17) is 0 Å². The van der Waals surface area contributed by atoms with E-state index in [-0.39, 0.29) is 11.8 Å². The van der Waals surface area contributed by atoms with Gasteiger partial charge in [0.05, 0.1) is 5.69 Å². The van der Waals surface area contributed by atoms with E-state index in [9.17, 15) is 4.79 Å². The second kappa shape index (κ2) is 8.59. The van der Waals surface area contributed by atoms with Crippen LogP contribution in [0.25, 0.3) is 0 Å². The number of hydrogen-bond donors (Lipinski definition) is 1. The molecule has 2 aromatic rings. The Kier molecular flexibility index (Phi) is 6.21. The topological polar surface area (TPSA) is 45.2 Å². The van der Waals surface area contributed by atoms with Gasteiger partial charge in [0.1, 0.15) is 0 Å². The van der Waals surface area contributed by atoms with E-state index in [2.05, 4.69) is 52.5 Å². The summed E-state index contributed by atoms with van der Waals surface area (Å²) in [6.07, 6.45) is 4.16. The summed E-state index contributed by atoms with van der Waals surface area (Å²) >= 11 is 1.50. The van der Waals surface area contributed by atoms with Crippen LogP contribution in [-0.2, 0) is 11.2 Å². The molecule has 1 aromatic carbocycles. The Morgan fingerprint density at radius 2 is 2.04 bits per heavy atom. The lowest BCUT2D eigenvalue weighted by Gasteiger charge is -2.35. The number of thiazole rings is 1. The summed E-state index contributed by atoms with van der Waals surface area (Å²) in [6.45, 7) is 6.26. The lowest BCUT2D eigenvalue weighted by Crippen LogP contribution is -2.42. The van der Waals surface area contributed by atoms with Crippen molar-refractivity contribution in [2.45, 2.75) is 45.6 Å². The van der Waals surface area contributed by atoms with E-state index < -0.39 is 0 Å². The van der Waals surface area contributed by atoms with Crippen molar-refractivity contribution in [1.29, 1.82) is 0 Å². The Hall–Kier alpha value is -1.72. The number of piperidine rings is 1. The quantitative estimate of drug-likeness (QED) is 0.846. The second-order valence-corrected chi connectivity index (χ2v) is 7.82. The van der Waals surface area contributed by atoms with Gasteiger partial charge in [0.25, 0.3) is 0 Å². The lowest BCUT2D eigenvalue weighted by molar-refractivity contribution is -0.121. The monoisotopic (exact) mass is 357 g/mol. The van der Waals surface area contributed by atoms with E-state index in [1.54, 1.807) is 0 Å². The number of hydrogen-bond acceptors (Lipinski definition) is 4. The normalized spacial score (nSPS) is 17.4. The van der Waals surface area contributed by atoms with E-state index >= 15 is 0 Å². The van der Waals surface area contributed by atoms with Crippen LogP contribution < -0.4 is 5.32 Å². The first-order valence-electron chi connectivity index (χ1n) is 9.13. The van der Waals surface area contributed by atoms with Crippen molar-refractivity contribution in [2.75, 3.05) is 18.4 Å². The molecule has 1 atom stereocenters. The Morgan fingerprint density at radius 3 is 2.68 bits per heavy atom. The molecule has 4 nitrogen and oxygen atoms in total. The SMILES string of the molecule is Cc1csc(NC(=O)C2CCN(C(C)CCc3ccccc3)CC2)n1. The summed E-state index contributed by atoms with van der Waals surface area (Å²) in [5.41, 5.74) is 2.37. The van der Waals surface area contributed by atoms with Crippen LogP contribution in [0, 0.1) is 12.8 Å². The van der Waals surface area contributed by atoms with Gasteiger partial charge in [0.2, 0.25) is 5.91 Å². The average Bonchev–Trinajstić information content (AvgIpc) is 3.05. The Labute approximate surface area is 154 Å². The minimum absolute atomic E-state index is 0.113. The molecule has 134 valence electrons. The van der Waals surface area contributed by atoms with Crippen LogP contribution in [-0.4, -0.2) is 34.9 Å². The van der Waals surface area contributed by atoms with Crippen molar-refractivity contribution in [1.82, 2.24) is 9.88 Å². The van der Waals surface area contributed by atoms with Crippen LogP contribution in [0.4, 0.5) is 5.13 Å². The van der Waals surface area contributed by atoms with Gasteiger partial charge in [-0.25, -0.2) is 4.98 Å². The third-order valence-electron chi connectivity index (χ3n) is 5.07. The fraction of sp³-hybridized carbons (Fsp3) is 0.500. The number of anilines is 1.